The quantitative estimate of drug-likeness (QED) is 0.724. The van der Waals surface area contributed by atoms with Gasteiger partial charge in [-0.1, -0.05) is 6.92 Å². The Balaban J connectivity index is 2.13. The summed E-state index contributed by atoms with van der Waals surface area (Å²) in [5.74, 6) is 1.50. The monoisotopic (exact) mass is 231 g/mol. The van der Waals surface area contributed by atoms with Gasteiger partial charge >= 0.3 is 0 Å². The van der Waals surface area contributed by atoms with Gasteiger partial charge in [0, 0.05) is 18.6 Å². The molecule has 0 aliphatic rings. The molecule has 90 valence electrons. The molecular weight excluding hydrogens is 214 g/mol. The minimum Gasteiger partial charge on any atom is -0.384 e. The van der Waals surface area contributed by atoms with Gasteiger partial charge in [0.15, 0.2) is 0 Å². The van der Waals surface area contributed by atoms with E-state index >= 15 is 0 Å². The molecule has 4 N–H and O–H groups in total. The minimum atomic E-state index is 0.178. The summed E-state index contributed by atoms with van der Waals surface area (Å²) in [4.78, 5) is 11.4. The Morgan fingerprint density at radius 2 is 2.29 bits per heavy atom. The van der Waals surface area contributed by atoms with Crippen LogP contribution in [0.5, 0.6) is 0 Å². The summed E-state index contributed by atoms with van der Waals surface area (Å²) in [6.07, 6.45) is 6.17. The van der Waals surface area contributed by atoms with Crippen molar-refractivity contribution in [2.24, 2.45) is 0 Å². The van der Waals surface area contributed by atoms with Crippen molar-refractivity contribution in [2.45, 2.75) is 19.4 Å². The van der Waals surface area contributed by atoms with Crippen LogP contribution in [0.25, 0.3) is 0 Å². The van der Waals surface area contributed by atoms with Crippen LogP contribution in [0.2, 0.25) is 0 Å². The molecule has 0 amide bonds. The number of nitrogen functional groups attached to an aromatic ring is 1. The lowest BCUT2D eigenvalue weighted by molar-refractivity contribution is 0.526. The summed E-state index contributed by atoms with van der Waals surface area (Å²) in [5, 5.41) is 3.40. The molecule has 2 aromatic rings. The van der Waals surface area contributed by atoms with Gasteiger partial charge in [-0.25, -0.2) is 9.97 Å². The number of nitrogens with zero attached hydrogens (tertiary/aromatic N) is 2. The summed E-state index contributed by atoms with van der Waals surface area (Å²) < 4.78 is 0. The van der Waals surface area contributed by atoms with Crippen LogP contribution >= 0.6 is 0 Å². The van der Waals surface area contributed by atoms with Gasteiger partial charge in [0.2, 0.25) is 0 Å². The molecule has 1 atom stereocenters. The normalized spacial score (nSPS) is 12.5. The Morgan fingerprint density at radius 3 is 2.94 bits per heavy atom. The van der Waals surface area contributed by atoms with Crippen LogP contribution in [0, 0.1) is 0 Å². The third-order valence-corrected chi connectivity index (χ3v) is 2.59. The molecule has 5 nitrogen and oxygen atoms in total. The van der Waals surface area contributed by atoms with Gasteiger partial charge in [-0.15, -0.1) is 0 Å². The Kier molecular flexibility index (Phi) is 3.72. The van der Waals surface area contributed by atoms with E-state index < -0.39 is 0 Å². The van der Waals surface area contributed by atoms with Crippen molar-refractivity contribution in [1.29, 1.82) is 0 Å². The third-order valence-electron chi connectivity index (χ3n) is 2.59. The zero-order valence-electron chi connectivity index (χ0n) is 9.85. The number of aromatic nitrogens is 3. The predicted molar refractivity (Wildman–Crippen MR) is 67.4 cm³/mol. The van der Waals surface area contributed by atoms with Gasteiger partial charge in [-0.3, -0.25) is 0 Å². The maximum atomic E-state index is 5.67. The van der Waals surface area contributed by atoms with E-state index in [0.29, 0.717) is 5.82 Å². The van der Waals surface area contributed by atoms with Crippen molar-refractivity contribution in [3.05, 3.63) is 42.1 Å². The molecule has 2 heterocycles. The number of rotatable bonds is 5. The number of anilines is 1. The zero-order chi connectivity index (χ0) is 12.1. The number of imidazole rings is 1. The smallest absolute Gasteiger partial charge is 0.123 e. The fourth-order valence-electron chi connectivity index (χ4n) is 1.84. The van der Waals surface area contributed by atoms with Crippen molar-refractivity contribution in [3.63, 3.8) is 0 Å². The van der Waals surface area contributed by atoms with Gasteiger partial charge in [0.25, 0.3) is 0 Å². The van der Waals surface area contributed by atoms with Gasteiger partial charge in [-0.2, -0.15) is 0 Å². The maximum absolute atomic E-state index is 5.67. The standard InChI is InChI=1S/C12H17N5/c1-2-14-10(12-16-5-6-17-12)7-9-3-4-15-11(13)8-9/h3-6,8,10,14H,2,7H2,1H3,(H2,13,15)(H,16,17). The molecule has 0 aromatic carbocycles. The first-order chi connectivity index (χ1) is 8.29. The van der Waals surface area contributed by atoms with E-state index in [1.54, 1.807) is 12.4 Å². The van der Waals surface area contributed by atoms with E-state index in [1.807, 2.05) is 18.3 Å². The number of aromatic amines is 1. The minimum absolute atomic E-state index is 0.178. The van der Waals surface area contributed by atoms with Crippen LogP contribution in [-0.4, -0.2) is 21.5 Å². The van der Waals surface area contributed by atoms with E-state index in [0.717, 1.165) is 24.4 Å². The lowest BCUT2D eigenvalue weighted by atomic mass is 10.1. The average Bonchev–Trinajstić information content (AvgIpc) is 2.82. The Hall–Kier alpha value is -1.88. The van der Waals surface area contributed by atoms with Crippen molar-refractivity contribution in [1.82, 2.24) is 20.3 Å². The first-order valence-electron chi connectivity index (χ1n) is 5.72. The number of pyridine rings is 1. The SMILES string of the molecule is CCNC(Cc1ccnc(N)c1)c1ncc[nH]1. The first kappa shape index (κ1) is 11.6. The van der Waals surface area contributed by atoms with Crippen molar-refractivity contribution >= 4 is 5.82 Å². The molecule has 0 aliphatic heterocycles. The van der Waals surface area contributed by atoms with Gasteiger partial charge in [0.1, 0.15) is 11.6 Å². The summed E-state index contributed by atoms with van der Waals surface area (Å²) >= 11 is 0. The topological polar surface area (TPSA) is 79.6 Å². The number of hydrogen-bond acceptors (Lipinski definition) is 4. The summed E-state index contributed by atoms with van der Waals surface area (Å²) in [6, 6.07) is 4.05. The second-order valence-electron chi connectivity index (χ2n) is 3.88. The van der Waals surface area contributed by atoms with Gasteiger partial charge < -0.3 is 16.0 Å². The van der Waals surface area contributed by atoms with Crippen LogP contribution in [0.4, 0.5) is 5.82 Å². The molecule has 0 radical (unpaired) electrons. The van der Waals surface area contributed by atoms with Crippen LogP contribution < -0.4 is 11.1 Å². The molecule has 0 saturated carbocycles. The number of nitrogens with one attached hydrogen (secondary N) is 2. The van der Waals surface area contributed by atoms with E-state index in [4.69, 9.17) is 5.73 Å². The molecule has 1 unspecified atom stereocenters. The molecule has 5 heteroatoms. The first-order valence-corrected chi connectivity index (χ1v) is 5.72. The second kappa shape index (κ2) is 5.45. The second-order valence-corrected chi connectivity index (χ2v) is 3.88. The Bertz CT molecular complexity index is 452. The summed E-state index contributed by atoms with van der Waals surface area (Å²) in [5.41, 5.74) is 6.82. The molecular formula is C12H17N5. The van der Waals surface area contributed by atoms with Crippen molar-refractivity contribution in [2.75, 3.05) is 12.3 Å². The molecule has 0 saturated heterocycles. The molecule has 0 bridgehead atoms. The highest BCUT2D eigenvalue weighted by molar-refractivity contribution is 5.32. The van der Waals surface area contributed by atoms with E-state index in [9.17, 15) is 0 Å². The summed E-state index contributed by atoms with van der Waals surface area (Å²) in [7, 11) is 0. The Morgan fingerprint density at radius 1 is 1.41 bits per heavy atom. The van der Waals surface area contributed by atoms with Crippen molar-refractivity contribution < 1.29 is 0 Å². The van der Waals surface area contributed by atoms with Crippen LogP contribution in [-0.2, 0) is 6.42 Å². The van der Waals surface area contributed by atoms with Crippen molar-refractivity contribution in [3.8, 4) is 0 Å². The fourth-order valence-corrected chi connectivity index (χ4v) is 1.84. The number of H-pyrrole nitrogens is 1. The largest absolute Gasteiger partial charge is 0.384 e. The van der Waals surface area contributed by atoms with Crippen LogP contribution in [0.1, 0.15) is 24.4 Å². The molecule has 2 aromatic heterocycles. The lowest BCUT2D eigenvalue weighted by Gasteiger charge is -2.15. The van der Waals surface area contributed by atoms with Gasteiger partial charge in [-0.05, 0) is 30.7 Å². The lowest BCUT2D eigenvalue weighted by Crippen LogP contribution is -2.24. The number of nitrogens with two attached hydrogens (primary N) is 1. The van der Waals surface area contributed by atoms with E-state index in [-0.39, 0.29) is 6.04 Å². The molecule has 2 rings (SSSR count). The number of likely N-dealkylation sites (N-methyl/N-ethyl adjacent to an activating group) is 1. The fraction of sp³-hybridized carbons (Fsp3) is 0.333. The van der Waals surface area contributed by atoms with Gasteiger partial charge in [0.05, 0.1) is 6.04 Å². The number of hydrogen-bond donors (Lipinski definition) is 3. The van der Waals surface area contributed by atoms with E-state index in [1.165, 1.54) is 0 Å². The van der Waals surface area contributed by atoms with Crippen LogP contribution in [0.3, 0.4) is 0 Å². The summed E-state index contributed by atoms with van der Waals surface area (Å²) in [6.45, 7) is 2.97. The predicted octanol–water partition coefficient (Wildman–Crippen LogP) is 1.28. The highest BCUT2D eigenvalue weighted by Crippen LogP contribution is 2.15. The molecule has 0 aliphatic carbocycles. The highest BCUT2D eigenvalue weighted by atomic mass is 15.0. The molecule has 0 fully saturated rings. The average molecular weight is 231 g/mol. The zero-order valence-corrected chi connectivity index (χ0v) is 9.85. The molecule has 17 heavy (non-hydrogen) atoms. The Labute approximate surface area is 100 Å². The highest BCUT2D eigenvalue weighted by Gasteiger charge is 2.13. The van der Waals surface area contributed by atoms with Crippen LogP contribution in [0.15, 0.2) is 30.7 Å². The third kappa shape index (κ3) is 3.04. The maximum Gasteiger partial charge on any atom is 0.123 e. The van der Waals surface area contributed by atoms with E-state index in [2.05, 4.69) is 27.2 Å². The molecule has 0 spiro atoms.